The zero-order valence-electron chi connectivity index (χ0n) is 6.27. The summed E-state index contributed by atoms with van der Waals surface area (Å²) in [6, 6.07) is 0.509. The Hall–Kier alpha value is -0.0400. The van der Waals surface area contributed by atoms with Gasteiger partial charge in [0.1, 0.15) is 0 Å². The standard InChI is InChI=1S/C8H17N/c1-7-3-2-4-8(9)6-5-7/h7-8H,2-6,9H2,1H3/t7-,8+/m0/s1. The molecular formula is C8H17N. The Bertz CT molecular complexity index is 70.6. The van der Waals surface area contributed by atoms with E-state index in [1.165, 1.54) is 32.1 Å². The first-order valence-corrected chi connectivity index (χ1v) is 4.04. The Morgan fingerprint density at radius 1 is 1.11 bits per heavy atom. The molecule has 0 aliphatic heterocycles. The maximum Gasteiger partial charge on any atom is 0.00389 e. The van der Waals surface area contributed by atoms with Gasteiger partial charge < -0.3 is 5.73 Å². The van der Waals surface area contributed by atoms with Crippen LogP contribution in [0.15, 0.2) is 0 Å². The summed E-state index contributed by atoms with van der Waals surface area (Å²) in [7, 11) is 0. The van der Waals surface area contributed by atoms with Gasteiger partial charge in [-0.2, -0.15) is 0 Å². The lowest BCUT2D eigenvalue weighted by atomic mass is 10.0. The number of hydrogen-bond acceptors (Lipinski definition) is 1. The third-order valence-corrected chi connectivity index (χ3v) is 2.30. The molecule has 54 valence electrons. The summed E-state index contributed by atoms with van der Waals surface area (Å²) in [6.07, 6.45) is 6.60. The predicted octanol–water partition coefficient (Wildman–Crippen LogP) is 1.91. The Labute approximate surface area is 57.6 Å². The predicted molar refractivity (Wildman–Crippen MR) is 40.2 cm³/mol. The highest BCUT2D eigenvalue weighted by molar-refractivity contribution is 4.69. The molecule has 0 aromatic heterocycles. The molecular weight excluding hydrogens is 110 g/mol. The third kappa shape index (κ3) is 2.35. The summed E-state index contributed by atoms with van der Waals surface area (Å²) in [4.78, 5) is 0. The second kappa shape index (κ2) is 3.21. The number of nitrogens with two attached hydrogens (primary N) is 1. The molecule has 1 aliphatic carbocycles. The molecule has 0 radical (unpaired) electrons. The molecule has 0 bridgehead atoms. The fourth-order valence-electron chi connectivity index (χ4n) is 1.52. The minimum Gasteiger partial charge on any atom is -0.328 e. The largest absolute Gasteiger partial charge is 0.328 e. The van der Waals surface area contributed by atoms with Gasteiger partial charge in [0.2, 0.25) is 0 Å². The molecule has 1 heteroatoms. The van der Waals surface area contributed by atoms with Crippen LogP contribution in [0, 0.1) is 5.92 Å². The van der Waals surface area contributed by atoms with Gasteiger partial charge in [-0.25, -0.2) is 0 Å². The SMILES string of the molecule is C[C@H]1CCC[C@@H](N)CC1. The van der Waals surface area contributed by atoms with Crippen molar-refractivity contribution in [2.75, 3.05) is 0 Å². The van der Waals surface area contributed by atoms with Gasteiger partial charge in [-0.15, -0.1) is 0 Å². The number of rotatable bonds is 0. The van der Waals surface area contributed by atoms with Crippen LogP contribution in [0.5, 0.6) is 0 Å². The Balaban J connectivity index is 2.25. The van der Waals surface area contributed by atoms with Crippen LogP contribution in [0.3, 0.4) is 0 Å². The summed E-state index contributed by atoms with van der Waals surface area (Å²) in [5.41, 5.74) is 5.80. The molecule has 0 saturated heterocycles. The first-order chi connectivity index (χ1) is 4.29. The molecule has 0 heterocycles. The Morgan fingerprint density at radius 3 is 2.67 bits per heavy atom. The van der Waals surface area contributed by atoms with Gasteiger partial charge in [-0.1, -0.05) is 19.8 Å². The van der Waals surface area contributed by atoms with E-state index >= 15 is 0 Å². The molecule has 2 atom stereocenters. The topological polar surface area (TPSA) is 26.0 Å². The quantitative estimate of drug-likeness (QED) is 0.494. The van der Waals surface area contributed by atoms with E-state index in [2.05, 4.69) is 6.92 Å². The first kappa shape index (κ1) is 7.07. The van der Waals surface area contributed by atoms with Crippen molar-refractivity contribution in [3.8, 4) is 0 Å². The Kier molecular flexibility index (Phi) is 2.52. The minimum atomic E-state index is 0.509. The van der Waals surface area contributed by atoms with E-state index in [4.69, 9.17) is 5.73 Å². The van der Waals surface area contributed by atoms with E-state index < -0.39 is 0 Å². The molecule has 2 N–H and O–H groups in total. The highest BCUT2D eigenvalue weighted by atomic mass is 14.6. The van der Waals surface area contributed by atoms with E-state index in [1.807, 2.05) is 0 Å². The van der Waals surface area contributed by atoms with Crippen molar-refractivity contribution in [1.82, 2.24) is 0 Å². The van der Waals surface area contributed by atoms with Crippen LogP contribution in [0.4, 0.5) is 0 Å². The minimum absolute atomic E-state index is 0.509. The maximum absolute atomic E-state index is 5.80. The van der Waals surface area contributed by atoms with Crippen LogP contribution in [0.25, 0.3) is 0 Å². The normalized spacial score (nSPS) is 38.0. The highest BCUT2D eigenvalue weighted by Gasteiger charge is 2.11. The molecule has 0 amide bonds. The van der Waals surface area contributed by atoms with E-state index in [1.54, 1.807) is 0 Å². The smallest absolute Gasteiger partial charge is 0.00389 e. The summed E-state index contributed by atoms with van der Waals surface area (Å²) >= 11 is 0. The first-order valence-electron chi connectivity index (χ1n) is 4.04. The summed E-state index contributed by atoms with van der Waals surface area (Å²) < 4.78 is 0. The van der Waals surface area contributed by atoms with E-state index in [0.717, 1.165) is 5.92 Å². The average molecular weight is 127 g/mol. The van der Waals surface area contributed by atoms with Crippen LogP contribution in [0.2, 0.25) is 0 Å². The molecule has 1 aliphatic rings. The van der Waals surface area contributed by atoms with Gasteiger partial charge >= 0.3 is 0 Å². The van der Waals surface area contributed by atoms with Crippen LogP contribution < -0.4 is 5.73 Å². The molecule has 9 heavy (non-hydrogen) atoms. The van der Waals surface area contributed by atoms with E-state index in [-0.39, 0.29) is 0 Å². The summed E-state index contributed by atoms with van der Waals surface area (Å²) in [6.45, 7) is 2.33. The average Bonchev–Trinajstić information content (AvgIpc) is 1.97. The van der Waals surface area contributed by atoms with Crippen molar-refractivity contribution in [2.24, 2.45) is 11.7 Å². The number of hydrogen-bond donors (Lipinski definition) is 1. The van der Waals surface area contributed by atoms with Crippen LogP contribution in [-0.2, 0) is 0 Å². The third-order valence-electron chi connectivity index (χ3n) is 2.30. The maximum atomic E-state index is 5.80. The molecule has 0 unspecified atom stereocenters. The van der Waals surface area contributed by atoms with Gasteiger partial charge in [0.05, 0.1) is 0 Å². The van der Waals surface area contributed by atoms with Gasteiger partial charge in [-0.3, -0.25) is 0 Å². The lowest BCUT2D eigenvalue weighted by molar-refractivity contribution is 0.499. The zero-order valence-corrected chi connectivity index (χ0v) is 6.27. The van der Waals surface area contributed by atoms with Crippen LogP contribution >= 0.6 is 0 Å². The zero-order chi connectivity index (χ0) is 6.69. The second-order valence-electron chi connectivity index (χ2n) is 3.37. The van der Waals surface area contributed by atoms with E-state index in [0.29, 0.717) is 6.04 Å². The van der Waals surface area contributed by atoms with Crippen molar-refractivity contribution in [3.63, 3.8) is 0 Å². The molecule has 1 fully saturated rings. The lowest BCUT2D eigenvalue weighted by Crippen LogP contribution is -2.17. The fourth-order valence-corrected chi connectivity index (χ4v) is 1.52. The van der Waals surface area contributed by atoms with Crippen molar-refractivity contribution in [1.29, 1.82) is 0 Å². The molecule has 1 saturated carbocycles. The molecule has 1 rings (SSSR count). The van der Waals surface area contributed by atoms with Crippen molar-refractivity contribution in [2.45, 2.75) is 45.1 Å². The van der Waals surface area contributed by atoms with Gasteiger partial charge in [-0.05, 0) is 25.2 Å². The molecule has 0 aromatic carbocycles. The molecule has 0 spiro atoms. The van der Waals surface area contributed by atoms with Gasteiger partial charge in [0, 0.05) is 6.04 Å². The van der Waals surface area contributed by atoms with Gasteiger partial charge in [0.25, 0.3) is 0 Å². The lowest BCUT2D eigenvalue weighted by Gasteiger charge is -2.05. The molecule has 0 aromatic rings. The van der Waals surface area contributed by atoms with Crippen LogP contribution in [-0.4, -0.2) is 6.04 Å². The van der Waals surface area contributed by atoms with Gasteiger partial charge in [0.15, 0.2) is 0 Å². The van der Waals surface area contributed by atoms with Crippen molar-refractivity contribution in [3.05, 3.63) is 0 Å². The fraction of sp³-hybridized carbons (Fsp3) is 1.00. The summed E-state index contributed by atoms with van der Waals surface area (Å²) in [5, 5.41) is 0. The van der Waals surface area contributed by atoms with Crippen LogP contribution in [0.1, 0.15) is 39.0 Å². The second-order valence-corrected chi connectivity index (χ2v) is 3.37. The molecule has 1 nitrogen and oxygen atoms in total. The monoisotopic (exact) mass is 127 g/mol. The Morgan fingerprint density at radius 2 is 1.89 bits per heavy atom. The van der Waals surface area contributed by atoms with Crippen molar-refractivity contribution < 1.29 is 0 Å². The van der Waals surface area contributed by atoms with Crippen molar-refractivity contribution >= 4 is 0 Å². The highest BCUT2D eigenvalue weighted by Crippen LogP contribution is 2.20. The van der Waals surface area contributed by atoms with E-state index in [9.17, 15) is 0 Å². The summed E-state index contributed by atoms with van der Waals surface area (Å²) in [5.74, 6) is 0.929.